The van der Waals surface area contributed by atoms with Crippen molar-refractivity contribution in [1.82, 2.24) is 14.5 Å². The van der Waals surface area contributed by atoms with Crippen LogP contribution in [0.5, 0.6) is 0 Å². The van der Waals surface area contributed by atoms with Crippen LogP contribution in [-0.2, 0) is 7.05 Å². The third-order valence-electron chi connectivity index (χ3n) is 3.02. The predicted molar refractivity (Wildman–Crippen MR) is 83.8 cm³/mol. The molecule has 2 heterocycles. The van der Waals surface area contributed by atoms with Crippen LogP contribution < -0.4 is 5.73 Å². The van der Waals surface area contributed by atoms with Crippen molar-refractivity contribution in [3.05, 3.63) is 39.5 Å². The first-order chi connectivity index (χ1) is 9.08. The van der Waals surface area contributed by atoms with Gasteiger partial charge >= 0.3 is 0 Å². The standard InChI is InChI=1S/C13H10Br2N4/c1-19-11-6-17-3-2-10(11)18-13(19)8-4-7(14)5-9(15)12(8)16/h2-6H,16H2,1H3. The minimum Gasteiger partial charge on any atom is -0.397 e. The van der Waals surface area contributed by atoms with Crippen LogP contribution in [0, 0.1) is 0 Å². The number of pyridine rings is 1. The molecule has 0 amide bonds. The molecule has 4 nitrogen and oxygen atoms in total. The average molecular weight is 382 g/mol. The second kappa shape index (κ2) is 4.61. The zero-order valence-corrected chi connectivity index (χ0v) is 13.2. The maximum Gasteiger partial charge on any atom is 0.143 e. The molecule has 19 heavy (non-hydrogen) atoms. The number of nitrogens with two attached hydrogens (primary N) is 1. The van der Waals surface area contributed by atoms with Gasteiger partial charge in [-0.05, 0) is 34.1 Å². The van der Waals surface area contributed by atoms with Gasteiger partial charge in [-0.2, -0.15) is 0 Å². The fourth-order valence-electron chi connectivity index (χ4n) is 2.05. The van der Waals surface area contributed by atoms with Crippen molar-refractivity contribution < 1.29 is 0 Å². The topological polar surface area (TPSA) is 56.7 Å². The van der Waals surface area contributed by atoms with Gasteiger partial charge in [-0.25, -0.2) is 4.98 Å². The molecule has 96 valence electrons. The van der Waals surface area contributed by atoms with Gasteiger partial charge in [-0.3, -0.25) is 4.98 Å². The zero-order valence-electron chi connectivity index (χ0n) is 10.1. The van der Waals surface area contributed by atoms with E-state index in [9.17, 15) is 0 Å². The highest BCUT2D eigenvalue weighted by Crippen LogP contribution is 2.35. The van der Waals surface area contributed by atoms with Gasteiger partial charge in [0.2, 0.25) is 0 Å². The summed E-state index contributed by atoms with van der Waals surface area (Å²) >= 11 is 6.94. The number of hydrogen-bond donors (Lipinski definition) is 1. The number of fused-ring (bicyclic) bond motifs is 1. The summed E-state index contributed by atoms with van der Waals surface area (Å²) in [6.45, 7) is 0. The lowest BCUT2D eigenvalue weighted by Crippen LogP contribution is -1.98. The number of aryl methyl sites for hydroxylation is 1. The Morgan fingerprint density at radius 3 is 2.79 bits per heavy atom. The third kappa shape index (κ3) is 2.04. The molecule has 0 saturated carbocycles. The third-order valence-corrected chi connectivity index (χ3v) is 4.13. The van der Waals surface area contributed by atoms with Crippen molar-refractivity contribution in [3.8, 4) is 11.4 Å². The molecule has 2 aromatic heterocycles. The number of nitrogen functional groups attached to an aromatic ring is 1. The van der Waals surface area contributed by atoms with Gasteiger partial charge in [-0.1, -0.05) is 15.9 Å². The SMILES string of the molecule is Cn1c(-c2cc(Br)cc(Br)c2N)nc2ccncc21. The van der Waals surface area contributed by atoms with Crippen molar-refractivity contribution in [2.24, 2.45) is 7.05 Å². The Bertz CT molecular complexity index is 780. The molecule has 3 aromatic rings. The number of hydrogen-bond acceptors (Lipinski definition) is 3. The Hall–Kier alpha value is -1.40. The Balaban J connectivity index is 2.33. The Morgan fingerprint density at radius 1 is 1.26 bits per heavy atom. The van der Waals surface area contributed by atoms with Crippen LogP contribution in [-0.4, -0.2) is 14.5 Å². The van der Waals surface area contributed by atoms with Gasteiger partial charge in [0.1, 0.15) is 5.82 Å². The highest BCUT2D eigenvalue weighted by molar-refractivity contribution is 9.11. The smallest absolute Gasteiger partial charge is 0.143 e. The Labute approximate surface area is 126 Å². The van der Waals surface area contributed by atoms with Crippen molar-refractivity contribution in [2.45, 2.75) is 0 Å². The van der Waals surface area contributed by atoms with Crippen molar-refractivity contribution in [2.75, 3.05) is 5.73 Å². The van der Waals surface area contributed by atoms with Crippen LogP contribution in [0.4, 0.5) is 5.69 Å². The number of imidazole rings is 1. The van der Waals surface area contributed by atoms with E-state index in [0.717, 1.165) is 31.4 Å². The van der Waals surface area contributed by atoms with Crippen LogP contribution >= 0.6 is 31.9 Å². The van der Waals surface area contributed by atoms with E-state index >= 15 is 0 Å². The molecule has 1 aromatic carbocycles. The molecule has 0 bridgehead atoms. The molecular formula is C13H10Br2N4. The molecule has 0 radical (unpaired) electrons. The largest absolute Gasteiger partial charge is 0.397 e. The summed E-state index contributed by atoms with van der Waals surface area (Å²) in [5.41, 5.74) is 9.59. The summed E-state index contributed by atoms with van der Waals surface area (Å²) in [6, 6.07) is 5.78. The Kier molecular flexibility index (Phi) is 3.06. The zero-order chi connectivity index (χ0) is 13.6. The van der Waals surface area contributed by atoms with Crippen LogP contribution in [0.25, 0.3) is 22.4 Å². The van der Waals surface area contributed by atoms with E-state index in [-0.39, 0.29) is 0 Å². The molecule has 0 spiro atoms. The Morgan fingerprint density at radius 2 is 2.05 bits per heavy atom. The monoisotopic (exact) mass is 380 g/mol. The molecule has 6 heteroatoms. The maximum absolute atomic E-state index is 6.14. The number of aromatic nitrogens is 3. The first-order valence-corrected chi connectivity index (χ1v) is 7.18. The average Bonchev–Trinajstić information content (AvgIpc) is 2.72. The van der Waals surface area contributed by atoms with E-state index in [1.807, 2.05) is 29.8 Å². The van der Waals surface area contributed by atoms with E-state index in [1.165, 1.54) is 0 Å². The fourth-order valence-corrected chi connectivity index (χ4v) is 3.27. The van der Waals surface area contributed by atoms with E-state index in [2.05, 4.69) is 41.8 Å². The van der Waals surface area contributed by atoms with Gasteiger partial charge in [0.15, 0.2) is 0 Å². The maximum atomic E-state index is 6.14. The highest BCUT2D eigenvalue weighted by Gasteiger charge is 2.14. The summed E-state index contributed by atoms with van der Waals surface area (Å²) in [5, 5.41) is 0. The number of anilines is 1. The lowest BCUT2D eigenvalue weighted by molar-refractivity contribution is 0.956. The lowest BCUT2D eigenvalue weighted by atomic mass is 10.1. The van der Waals surface area contributed by atoms with E-state index < -0.39 is 0 Å². The van der Waals surface area contributed by atoms with Crippen molar-refractivity contribution >= 4 is 48.6 Å². The molecule has 0 unspecified atom stereocenters. The lowest BCUT2D eigenvalue weighted by Gasteiger charge is -2.08. The van der Waals surface area contributed by atoms with Crippen molar-refractivity contribution in [3.63, 3.8) is 0 Å². The van der Waals surface area contributed by atoms with Crippen LogP contribution in [0.15, 0.2) is 39.5 Å². The molecule has 0 atom stereocenters. The molecule has 0 aliphatic heterocycles. The number of halogens is 2. The second-order valence-corrected chi connectivity index (χ2v) is 5.98. The summed E-state index contributed by atoms with van der Waals surface area (Å²) < 4.78 is 3.79. The predicted octanol–water partition coefficient (Wildman–Crippen LogP) is 3.74. The van der Waals surface area contributed by atoms with Gasteiger partial charge in [0.05, 0.1) is 22.9 Å². The molecule has 0 aliphatic rings. The van der Waals surface area contributed by atoms with Gasteiger partial charge in [-0.15, -0.1) is 0 Å². The summed E-state index contributed by atoms with van der Waals surface area (Å²) in [6.07, 6.45) is 3.54. The molecule has 0 saturated heterocycles. The highest BCUT2D eigenvalue weighted by atomic mass is 79.9. The summed E-state index contributed by atoms with van der Waals surface area (Å²) in [4.78, 5) is 8.75. The molecule has 0 aliphatic carbocycles. The second-order valence-electron chi connectivity index (χ2n) is 4.21. The number of benzene rings is 1. The first kappa shape index (κ1) is 12.6. The van der Waals surface area contributed by atoms with Gasteiger partial charge in [0.25, 0.3) is 0 Å². The molecule has 0 fully saturated rings. The minimum atomic E-state index is 0.676. The summed E-state index contributed by atoms with van der Waals surface area (Å²) in [5.74, 6) is 0.822. The molecular weight excluding hydrogens is 372 g/mol. The quantitative estimate of drug-likeness (QED) is 0.653. The normalized spacial score (nSPS) is 11.1. The van der Waals surface area contributed by atoms with E-state index in [4.69, 9.17) is 5.73 Å². The minimum absolute atomic E-state index is 0.676. The van der Waals surface area contributed by atoms with Crippen LogP contribution in [0.3, 0.4) is 0 Å². The molecule has 3 rings (SSSR count). The van der Waals surface area contributed by atoms with E-state index in [0.29, 0.717) is 5.69 Å². The molecule has 2 N–H and O–H groups in total. The number of rotatable bonds is 1. The first-order valence-electron chi connectivity index (χ1n) is 5.59. The van der Waals surface area contributed by atoms with Crippen molar-refractivity contribution in [1.29, 1.82) is 0 Å². The van der Waals surface area contributed by atoms with Gasteiger partial charge < -0.3 is 10.3 Å². The summed E-state index contributed by atoms with van der Waals surface area (Å²) in [7, 11) is 1.96. The van der Waals surface area contributed by atoms with Crippen LogP contribution in [0.1, 0.15) is 0 Å². The van der Waals surface area contributed by atoms with E-state index in [1.54, 1.807) is 12.4 Å². The number of nitrogens with zero attached hydrogens (tertiary/aromatic N) is 3. The van der Waals surface area contributed by atoms with Gasteiger partial charge in [0, 0.05) is 27.8 Å². The van der Waals surface area contributed by atoms with Crippen LogP contribution in [0.2, 0.25) is 0 Å². The fraction of sp³-hybridized carbons (Fsp3) is 0.0769.